The van der Waals surface area contributed by atoms with Crippen LogP contribution in [0.3, 0.4) is 0 Å². The van der Waals surface area contributed by atoms with Crippen LogP contribution in [0.25, 0.3) is 0 Å². The first-order valence-corrected chi connectivity index (χ1v) is 6.82. The number of hydrogen-bond donors (Lipinski definition) is 0. The first kappa shape index (κ1) is 15.4. The lowest BCUT2D eigenvalue weighted by atomic mass is 9.93. The largest absolute Gasteiger partial charge is 0.466 e. The molecule has 2 amide bonds. The molecule has 112 valence electrons. The molecule has 0 saturated carbocycles. The summed E-state index contributed by atoms with van der Waals surface area (Å²) in [5, 5.41) is 0.501. The molecule has 1 heterocycles. The highest BCUT2D eigenvalue weighted by Gasteiger charge is 2.39. The summed E-state index contributed by atoms with van der Waals surface area (Å²) in [6.07, 6.45) is 0. The monoisotopic (exact) mass is 308 g/mol. The zero-order valence-electron chi connectivity index (χ0n) is 12.4. The van der Waals surface area contributed by atoms with Crippen LogP contribution in [0.4, 0.5) is 4.79 Å². The minimum Gasteiger partial charge on any atom is -0.466 e. The number of hydrogen-bond acceptors (Lipinski definition) is 3. The third kappa shape index (κ3) is 2.49. The average molecular weight is 309 g/mol. The van der Waals surface area contributed by atoms with Crippen molar-refractivity contribution in [1.29, 1.82) is 0 Å². The number of amides is 2. The van der Waals surface area contributed by atoms with Gasteiger partial charge in [-0.15, -0.1) is 0 Å². The molecule has 21 heavy (non-hydrogen) atoms. The van der Waals surface area contributed by atoms with Crippen molar-refractivity contribution in [1.82, 2.24) is 9.80 Å². The topological polar surface area (TPSA) is 49.9 Å². The maximum absolute atomic E-state index is 12.3. The molecule has 0 bridgehead atoms. The minimum atomic E-state index is -0.560. The van der Waals surface area contributed by atoms with Gasteiger partial charge in [0.05, 0.1) is 18.7 Å². The molecule has 0 radical (unpaired) electrons. The van der Waals surface area contributed by atoms with Crippen LogP contribution >= 0.6 is 11.6 Å². The van der Waals surface area contributed by atoms with Crippen molar-refractivity contribution in [3.05, 3.63) is 46.1 Å². The van der Waals surface area contributed by atoms with Gasteiger partial charge in [0, 0.05) is 24.8 Å². The average Bonchev–Trinajstić information content (AvgIpc) is 2.49. The van der Waals surface area contributed by atoms with Crippen LogP contribution in [0.15, 0.2) is 35.5 Å². The number of urea groups is 1. The summed E-state index contributed by atoms with van der Waals surface area (Å²) in [6.45, 7) is 1.72. The summed E-state index contributed by atoms with van der Waals surface area (Å²) in [5.41, 5.74) is 1.67. The number of carbonyl (C=O) groups is 2. The highest BCUT2D eigenvalue weighted by molar-refractivity contribution is 6.31. The maximum Gasteiger partial charge on any atom is 0.337 e. The molecule has 1 atom stereocenters. The van der Waals surface area contributed by atoms with Crippen molar-refractivity contribution in [3.8, 4) is 0 Å². The van der Waals surface area contributed by atoms with Crippen LogP contribution in [0, 0.1) is 0 Å². The lowest BCUT2D eigenvalue weighted by Gasteiger charge is -2.39. The molecule has 0 saturated heterocycles. The lowest BCUT2D eigenvalue weighted by Crippen LogP contribution is -2.47. The number of methoxy groups -OCH3 is 1. The number of ether oxygens (including phenoxy) is 1. The number of halogens is 1. The molecule has 1 aliphatic heterocycles. The third-order valence-electron chi connectivity index (χ3n) is 3.75. The summed E-state index contributed by atoms with van der Waals surface area (Å²) in [5.74, 6) is -0.469. The fraction of sp³-hybridized carbons (Fsp3) is 0.333. The molecule has 1 aromatic carbocycles. The molecule has 1 aliphatic rings. The Kier molecular flexibility index (Phi) is 4.23. The van der Waals surface area contributed by atoms with Gasteiger partial charge in [0.1, 0.15) is 0 Å². The first-order chi connectivity index (χ1) is 9.90. The molecule has 0 aliphatic carbocycles. The number of benzene rings is 1. The molecule has 0 unspecified atom stereocenters. The molecule has 5 nitrogen and oxygen atoms in total. The fourth-order valence-electron chi connectivity index (χ4n) is 2.49. The fourth-order valence-corrected chi connectivity index (χ4v) is 2.73. The molecule has 0 spiro atoms. The Morgan fingerprint density at radius 3 is 2.48 bits per heavy atom. The third-order valence-corrected chi connectivity index (χ3v) is 4.09. The SMILES string of the molecule is COC(=O)C1=C(C)N(C)C(=O)N(C)[C@H]1c1ccccc1Cl. The van der Waals surface area contributed by atoms with Crippen LogP contribution in [0.1, 0.15) is 18.5 Å². The Morgan fingerprint density at radius 2 is 1.90 bits per heavy atom. The summed E-state index contributed by atoms with van der Waals surface area (Å²) in [4.78, 5) is 27.4. The van der Waals surface area contributed by atoms with Gasteiger partial charge in [-0.25, -0.2) is 9.59 Å². The highest BCUT2D eigenvalue weighted by Crippen LogP contribution is 2.38. The van der Waals surface area contributed by atoms with Gasteiger partial charge in [-0.2, -0.15) is 0 Å². The number of likely N-dealkylation sites (N-methyl/N-ethyl adjacent to an activating group) is 1. The van der Waals surface area contributed by atoms with Gasteiger partial charge in [-0.05, 0) is 18.6 Å². The van der Waals surface area contributed by atoms with E-state index in [-0.39, 0.29) is 6.03 Å². The summed E-state index contributed by atoms with van der Waals surface area (Å²) >= 11 is 6.24. The van der Waals surface area contributed by atoms with E-state index in [1.54, 1.807) is 39.2 Å². The van der Waals surface area contributed by atoms with E-state index in [0.29, 0.717) is 21.9 Å². The van der Waals surface area contributed by atoms with E-state index in [0.717, 1.165) is 0 Å². The van der Waals surface area contributed by atoms with Crippen molar-refractivity contribution in [2.24, 2.45) is 0 Å². The number of nitrogens with zero attached hydrogens (tertiary/aromatic N) is 2. The van der Waals surface area contributed by atoms with Gasteiger partial charge in [0.2, 0.25) is 0 Å². The molecule has 0 N–H and O–H groups in total. The Balaban J connectivity index is 2.67. The Hall–Kier alpha value is -2.01. The Labute approximate surface area is 128 Å². The van der Waals surface area contributed by atoms with E-state index < -0.39 is 12.0 Å². The van der Waals surface area contributed by atoms with E-state index in [9.17, 15) is 9.59 Å². The quantitative estimate of drug-likeness (QED) is 0.789. The van der Waals surface area contributed by atoms with Gasteiger partial charge >= 0.3 is 12.0 Å². The molecular weight excluding hydrogens is 292 g/mol. The Morgan fingerprint density at radius 1 is 1.29 bits per heavy atom. The second-order valence-corrected chi connectivity index (χ2v) is 5.27. The summed E-state index contributed by atoms with van der Waals surface area (Å²) in [6, 6.07) is 6.40. The second kappa shape index (κ2) is 5.77. The van der Waals surface area contributed by atoms with E-state index >= 15 is 0 Å². The molecule has 0 aromatic heterocycles. The van der Waals surface area contributed by atoms with Crippen LogP contribution in [0.2, 0.25) is 5.02 Å². The van der Waals surface area contributed by atoms with Gasteiger partial charge in [0.25, 0.3) is 0 Å². The highest BCUT2D eigenvalue weighted by atomic mass is 35.5. The molecule has 6 heteroatoms. The van der Waals surface area contributed by atoms with E-state index in [2.05, 4.69) is 0 Å². The Bertz CT molecular complexity index is 627. The smallest absolute Gasteiger partial charge is 0.337 e. The predicted molar refractivity (Wildman–Crippen MR) is 79.8 cm³/mol. The van der Waals surface area contributed by atoms with Crippen molar-refractivity contribution >= 4 is 23.6 Å². The molecular formula is C15H17ClN2O3. The zero-order valence-corrected chi connectivity index (χ0v) is 13.1. The molecule has 0 fully saturated rings. The molecule has 2 rings (SSSR count). The van der Waals surface area contributed by atoms with Crippen LogP contribution < -0.4 is 0 Å². The van der Waals surface area contributed by atoms with Gasteiger partial charge in [-0.1, -0.05) is 29.8 Å². The number of esters is 1. The van der Waals surface area contributed by atoms with Crippen molar-refractivity contribution in [2.75, 3.05) is 21.2 Å². The van der Waals surface area contributed by atoms with Crippen molar-refractivity contribution in [3.63, 3.8) is 0 Å². The minimum absolute atomic E-state index is 0.204. The second-order valence-electron chi connectivity index (χ2n) is 4.87. The normalized spacial score (nSPS) is 19.1. The van der Waals surface area contributed by atoms with Gasteiger partial charge in [-0.3, -0.25) is 0 Å². The number of allylic oxidation sites excluding steroid dienone is 1. The van der Waals surface area contributed by atoms with Crippen molar-refractivity contribution in [2.45, 2.75) is 13.0 Å². The number of rotatable bonds is 2. The van der Waals surface area contributed by atoms with Crippen LogP contribution in [-0.2, 0) is 9.53 Å². The van der Waals surface area contributed by atoms with E-state index in [4.69, 9.17) is 16.3 Å². The van der Waals surface area contributed by atoms with E-state index in [1.165, 1.54) is 16.9 Å². The predicted octanol–water partition coefficient (Wildman–Crippen LogP) is 2.83. The standard InChI is InChI=1S/C15H17ClN2O3/c1-9-12(14(19)21-4)13(18(3)15(20)17(9)2)10-7-5-6-8-11(10)16/h5-8,13H,1-4H3/t13-/m0/s1. The van der Waals surface area contributed by atoms with Crippen molar-refractivity contribution < 1.29 is 14.3 Å². The van der Waals surface area contributed by atoms with E-state index in [1.807, 2.05) is 6.07 Å². The summed E-state index contributed by atoms with van der Waals surface area (Å²) < 4.78 is 4.88. The van der Waals surface area contributed by atoms with Gasteiger partial charge < -0.3 is 14.5 Å². The number of carbonyl (C=O) groups excluding carboxylic acids is 2. The molecule has 1 aromatic rings. The summed E-state index contributed by atoms with van der Waals surface area (Å²) in [7, 11) is 4.59. The zero-order chi connectivity index (χ0) is 15.7. The van der Waals surface area contributed by atoms with Crippen LogP contribution in [0.5, 0.6) is 0 Å². The lowest BCUT2D eigenvalue weighted by molar-refractivity contribution is -0.137. The van der Waals surface area contributed by atoms with Crippen LogP contribution in [-0.4, -0.2) is 43.0 Å². The van der Waals surface area contributed by atoms with Gasteiger partial charge in [0.15, 0.2) is 0 Å². The first-order valence-electron chi connectivity index (χ1n) is 6.44. The maximum atomic E-state index is 12.3.